The summed E-state index contributed by atoms with van der Waals surface area (Å²) in [5.74, 6) is -0.520. The van der Waals surface area contributed by atoms with Crippen LogP contribution < -0.4 is 5.32 Å². The van der Waals surface area contributed by atoms with E-state index in [0.717, 1.165) is 24.8 Å². The molecule has 0 saturated heterocycles. The van der Waals surface area contributed by atoms with Crippen molar-refractivity contribution < 1.29 is 14.3 Å². The molecule has 1 aromatic rings. The first-order valence-corrected chi connectivity index (χ1v) is 5.95. The van der Waals surface area contributed by atoms with Crippen LogP contribution in [0.15, 0.2) is 0 Å². The fraction of sp³-hybridized carbons (Fsp3) is 0.455. The molecule has 0 fully saturated rings. The largest absolute Gasteiger partial charge is 0.465 e. The molecule has 1 aromatic heterocycles. The summed E-state index contributed by atoms with van der Waals surface area (Å²) in [6.45, 7) is 1.44. The van der Waals surface area contributed by atoms with Gasteiger partial charge in [-0.05, 0) is 24.8 Å². The summed E-state index contributed by atoms with van der Waals surface area (Å²) in [6.07, 6.45) is 2.96. The van der Waals surface area contributed by atoms with Crippen LogP contribution in [0.5, 0.6) is 0 Å². The lowest BCUT2D eigenvalue weighted by molar-refractivity contribution is -0.114. The number of nitrogens with one attached hydrogen (secondary N) is 1. The second kappa shape index (κ2) is 4.25. The van der Waals surface area contributed by atoms with Gasteiger partial charge in [-0.15, -0.1) is 11.3 Å². The highest BCUT2D eigenvalue weighted by Gasteiger charge is 2.27. The maximum atomic E-state index is 11.7. The van der Waals surface area contributed by atoms with Crippen LogP contribution in [0.25, 0.3) is 0 Å². The summed E-state index contributed by atoms with van der Waals surface area (Å²) in [4.78, 5) is 23.9. The number of ether oxygens (including phenoxy) is 1. The molecule has 1 N–H and O–H groups in total. The summed E-state index contributed by atoms with van der Waals surface area (Å²) in [6, 6.07) is 0. The lowest BCUT2D eigenvalue weighted by Gasteiger charge is -2.04. The lowest BCUT2D eigenvalue weighted by atomic mass is 10.1. The van der Waals surface area contributed by atoms with E-state index in [1.54, 1.807) is 0 Å². The summed E-state index contributed by atoms with van der Waals surface area (Å²) < 4.78 is 4.76. The number of anilines is 1. The number of carbonyl (C=O) groups is 2. The Morgan fingerprint density at radius 1 is 1.38 bits per heavy atom. The van der Waals surface area contributed by atoms with Gasteiger partial charge in [-0.25, -0.2) is 4.79 Å². The zero-order valence-corrected chi connectivity index (χ0v) is 10.1. The van der Waals surface area contributed by atoms with E-state index in [-0.39, 0.29) is 11.9 Å². The molecular weight excluding hydrogens is 226 g/mol. The van der Waals surface area contributed by atoms with Crippen molar-refractivity contribution in [1.29, 1.82) is 0 Å². The number of aryl methyl sites for hydroxylation is 1. The highest BCUT2D eigenvalue weighted by Crippen LogP contribution is 2.39. The van der Waals surface area contributed by atoms with Crippen molar-refractivity contribution in [3.8, 4) is 0 Å². The van der Waals surface area contributed by atoms with E-state index in [1.807, 2.05) is 0 Å². The highest BCUT2D eigenvalue weighted by atomic mass is 32.1. The molecule has 1 aliphatic carbocycles. The molecule has 1 amide bonds. The average Bonchev–Trinajstić information content (AvgIpc) is 2.75. The monoisotopic (exact) mass is 239 g/mol. The molecule has 1 heterocycles. The third-order valence-electron chi connectivity index (χ3n) is 2.60. The Hall–Kier alpha value is -1.36. The van der Waals surface area contributed by atoms with Gasteiger partial charge in [0, 0.05) is 11.8 Å². The Morgan fingerprint density at radius 2 is 2.12 bits per heavy atom. The van der Waals surface area contributed by atoms with Crippen molar-refractivity contribution in [2.45, 2.75) is 26.2 Å². The van der Waals surface area contributed by atoms with Gasteiger partial charge in [0.2, 0.25) is 5.91 Å². The molecule has 1 aliphatic rings. The zero-order valence-electron chi connectivity index (χ0n) is 9.25. The summed E-state index contributed by atoms with van der Waals surface area (Å²) in [5.41, 5.74) is 1.61. The van der Waals surface area contributed by atoms with Crippen LogP contribution in [0, 0.1) is 0 Å². The Labute approximate surface area is 97.6 Å². The van der Waals surface area contributed by atoms with Crippen LogP contribution in [-0.4, -0.2) is 19.0 Å². The summed E-state index contributed by atoms with van der Waals surface area (Å²) in [5, 5.41) is 3.33. The predicted molar refractivity (Wildman–Crippen MR) is 62.0 cm³/mol. The smallest absolute Gasteiger partial charge is 0.341 e. The molecule has 86 valence electrons. The van der Waals surface area contributed by atoms with Gasteiger partial charge in [-0.1, -0.05) is 0 Å². The number of hydrogen-bond acceptors (Lipinski definition) is 4. The highest BCUT2D eigenvalue weighted by molar-refractivity contribution is 7.17. The second-order valence-electron chi connectivity index (χ2n) is 3.73. The van der Waals surface area contributed by atoms with Crippen molar-refractivity contribution in [3.05, 3.63) is 16.0 Å². The molecule has 0 saturated carbocycles. The summed E-state index contributed by atoms with van der Waals surface area (Å²) in [7, 11) is 1.36. The van der Waals surface area contributed by atoms with Gasteiger partial charge in [-0.2, -0.15) is 0 Å². The molecule has 4 nitrogen and oxygen atoms in total. The van der Waals surface area contributed by atoms with Crippen LogP contribution in [0.2, 0.25) is 0 Å². The zero-order chi connectivity index (χ0) is 11.7. The molecule has 16 heavy (non-hydrogen) atoms. The van der Waals surface area contributed by atoms with Gasteiger partial charge in [0.1, 0.15) is 5.00 Å². The molecular formula is C11H13NO3S. The van der Waals surface area contributed by atoms with Crippen molar-refractivity contribution in [3.63, 3.8) is 0 Å². The van der Waals surface area contributed by atoms with E-state index in [4.69, 9.17) is 4.74 Å². The van der Waals surface area contributed by atoms with E-state index in [0.29, 0.717) is 10.6 Å². The van der Waals surface area contributed by atoms with E-state index >= 15 is 0 Å². The SMILES string of the molecule is COC(=O)c1c(NC(C)=O)sc2c1CCC2. The maximum Gasteiger partial charge on any atom is 0.341 e. The fourth-order valence-corrected chi connectivity index (χ4v) is 3.29. The van der Waals surface area contributed by atoms with Crippen molar-refractivity contribution in [1.82, 2.24) is 0 Å². The molecule has 0 radical (unpaired) electrons. The number of carbonyl (C=O) groups excluding carboxylic acids is 2. The van der Waals surface area contributed by atoms with Gasteiger partial charge in [0.05, 0.1) is 12.7 Å². The number of hydrogen-bond donors (Lipinski definition) is 1. The third kappa shape index (κ3) is 1.82. The predicted octanol–water partition coefficient (Wildman–Crippen LogP) is 1.98. The van der Waals surface area contributed by atoms with Gasteiger partial charge in [0.25, 0.3) is 0 Å². The first kappa shape index (κ1) is 11.1. The number of amides is 1. The lowest BCUT2D eigenvalue weighted by Crippen LogP contribution is -2.10. The minimum Gasteiger partial charge on any atom is -0.465 e. The van der Waals surface area contributed by atoms with Crippen molar-refractivity contribution in [2.75, 3.05) is 12.4 Å². The number of esters is 1. The van der Waals surface area contributed by atoms with Crippen LogP contribution >= 0.6 is 11.3 Å². The van der Waals surface area contributed by atoms with E-state index in [9.17, 15) is 9.59 Å². The Kier molecular flexibility index (Phi) is 2.96. The number of thiophene rings is 1. The fourth-order valence-electron chi connectivity index (χ4n) is 1.97. The number of fused-ring (bicyclic) bond motifs is 1. The Balaban J connectivity index is 2.44. The first-order valence-electron chi connectivity index (χ1n) is 5.14. The maximum absolute atomic E-state index is 11.7. The Bertz CT molecular complexity index is 450. The second-order valence-corrected chi connectivity index (χ2v) is 4.84. The molecule has 0 spiro atoms. The molecule has 0 atom stereocenters. The van der Waals surface area contributed by atoms with Gasteiger partial charge in [0.15, 0.2) is 0 Å². The first-order chi connectivity index (χ1) is 7.63. The van der Waals surface area contributed by atoms with E-state index in [1.165, 1.54) is 30.2 Å². The normalized spacial score (nSPS) is 13.4. The van der Waals surface area contributed by atoms with Crippen molar-refractivity contribution >= 4 is 28.2 Å². The van der Waals surface area contributed by atoms with Crippen LogP contribution in [0.4, 0.5) is 5.00 Å². The number of methoxy groups -OCH3 is 1. The van der Waals surface area contributed by atoms with E-state index < -0.39 is 0 Å². The van der Waals surface area contributed by atoms with Crippen LogP contribution in [0.1, 0.15) is 34.1 Å². The minimum absolute atomic E-state index is 0.162. The van der Waals surface area contributed by atoms with Gasteiger partial charge < -0.3 is 10.1 Å². The molecule has 0 aromatic carbocycles. The van der Waals surface area contributed by atoms with E-state index in [2.05, 4.69) is 5.32 Å². The molecule has 2 rings (SSSR count). The topological polar surface area (TPSA) is 55.4 Å². The summed E-state index contributed by atoms with van der Waals surface area (Å²) >= 11 is 1.49. The van der Waals surface area contributed by atoms with Crippen LogP contribution in [0.3, 0.4) is 0 Å². The van der Waals surface area contributed by atoms with Gasteiger partial charge in [-0.3, -0.25) is 4.79 Å². The van der Waals surface area contributed by atoms with Crippen LogP contribution in [-0.2, 0) is 22.4 Å². The quantitative estimate of drug-likeness (QED) is 0.803. The standard InChI is InChI=1S/C11H13NO3S/c1-6(13)12-10-9(11(14)15-2)7-4-3-5-8(7)16-10/h3-5H2,1-2H3,(H,12,13). The van der Waals surface area contributed by atoms with Gasteiger partial charge >= 0.3 is 5.97 Å². The Morgan fingerprint density at radius 3 is 2.75 bits per heavy atom. The number of rotatable bonds is 2. The van der Waals surface area contributed by atoms with Crippen molar-refractivity contribution in [2.24, 2.45) is 0 Å². The average molecular weight is 239 g/mol. The molecule has 5 heteroatoms. The molecule has 0 unspecified atom stereocenters. The third-order valence-corrected chi connectivity index (χ3v) is 3.81. The molecule has 0 bridgehead atoms. The molecule has 0 aliphatic heterocycles. The minimum atomic E-state index is -0.358.